The number of amides is 2. The molecule has 4 aliphatic rings. The molecule has 36 heavy (non-hydrogen) atoms. The predicted octanol–water partition coefficient (Wildman–Crippen LogP) is 7.29. The molecule has 4 nitrogen and oxygen atoms in total. The summed E-state index contributed by atoms with van der Waals surface area (Å²) in [6.07, 6.45) is 1.06. The van der Waals surface area contributed by atoms with Crippen molar-refractivity contribution in [1.29, 1.82) is 0 Å². The molecule has 1 unspecified atom stereocenters. The lowest BCUT2D eigenvalue weighted by Gasteiger charge is -2.59. The number of piperidine rings is 1. The van der Waals surface area contributed by atoms with Gasteiger partial charge in [-0.1, -0.05) is 37.1 Å². The maximum absolute atomic E-state index is 13.6. The van der Waals surface area contributed by atoms with Gasteiger partial charge in [-0.3, -0.25) is 9.59 Å². The molecule has 6 atom stereocenters. The van der Waals surface area contributed by atoms with Gasteiger partial charge in [0.25, 0.3) is 0 Å². The highest BCUT2D eigenvalue weighted by Gasteiger charge is 2.61. The molecule has 0 radical (unpaired) electrons. The molecule has 1 saturated heterocycles. The Balaban J connectivity index is 1.43. The Labute approximate surface area is 215 Å². The molecule has 2 amide bonds. The number of hydrogen-bond acceptors (Lipinski definition) is 2. The third-order valence-corrected chi connectivity index (χ3v) is 10.5. The first-order valence-electron chi connectivity index (χ1n) is 12.9. The van der Waals surface area contributed by atoms with Crippen molar-refractivity contribution in [3.05, 3.63) is 40.1 Å². The number of allylic oxidation sites excluding steroid dienone is 2. The van der Waals surface area contributed by atoms with Gasteiger partial charge in [-0.2, -0.15) is 13.2 Å². The second-order valence-corrected chi connectivity index (χ2v) is 12.3. The number of carbonyl (C=O) groups excluding carboxylic acids is 2. The van der Waals surface area contributed by atoms with E-state index in [-0.39, 0.29) is 39.3 Å². The number of fused-ring (bicyclic) bond motifs is 5. The molecule has 196 valence electrons. The Morgan fingerprint density at radius 2 is 1.86 bits per heavy atom. The minimum Gasteiger partial charge on any atom is -0.324 e. The topological polar surface area (TPSA) is 49.4 Å². The Bertz CT molecular complexity index is 1150. The van der Waals surface area contributed by atoms with Gasteiger partial charge in [0.2, 0.25) is 11.8 Å². The number of nitrogens with zero attached hydrogens (tertiary/aromatic N) is 1. The van der Waals surface area contributed by atoms with Crippen molar-refractivity contribution >= 4 is 29.1 Å². The van der Waals surface area contributed by atoms with E-state index < -0.39 is 11.7 Å². The van der Waals surface area contributed by atoms with Crippen LogP contribution in [0.5, 0.6) is 0 Å². The van der Waals surface area contributed by atoms with E-state index in [4.69, 9.17) is 11.6 Å². The van der Waals surface area contributed by atoms with E-state index in [1.807, 2.05) is 11.9 Å². The van der Waals surface area contributed by atoms with Gasteiger partial charge in [-0.25, -0.2) is 0 Å². The van der Waals surface area contributed by atoms with Crippen molar-refractivity contribution in [3.8, 4) is 0 Å². The summed E-state index contributed by atoms with van der Waals surface area (Å²) in [4.78, 5) is 27.9. The number of para-hydroxylation sites is 1. The summed E-state index contributed by atoms with van der Waals surface area (Å²) in [7, 11) is 1.89. The smallest absolute Gasteiger partial charge is 0.324 e. The standard InChI is InChI=1S/C28H34ClF3N2O2/c1-15-14-16-17-8-9-20(25(36)33-23-19(28(30,31)32)6-5-7-21(23)29)26(17,2)12-10-18(16)27(3)13-11-22(35)34(4)24(15)27/h5-7,16-18,20H,8-14H2,1-4H3,(H,33,36)/t16-,17-,18+,20?,26-,27+/m0/s1. The quantitative estimate of drug-likeness (QED) is 0.443. The van der Waals surface area contributed by atoms with Crippen LogP contribution in [0.3, 0.4) is 0 Å². The fourth-order valence-electron chi connectivity index (χ4n) is 8.64. The lowest BCUT2D eigenvalue weighted by molar-refractivity contribution is -0.138. The Morgan fingerprint density at radius 3 is 2.56 bits per heavy atom. The fraction of sp³-hybridized carbons (Fsp3) is 0.643. The lowest BCUT2D eigenvalue weighted by Crippen LogP contribution is -2.54. The number of benzene rings is 1. The number of anilines is 1. The molecule has 1 heterocycles. The first-order chi connectivity index (χ1) is 16.8. The molecule has 1 aromatic carbocycles. The van der Waals surface area contributed by atoms with Crippen LogP contribution in [-0.2, 0) is 15.8 Å². The zero-order valence-electron chi connectivity index (χ0n) is 21.3. The predicted molar refractivity (Wildman–Crippen MR) is 133 cm³/mol. The summed E-state index contributed by atoms with van der Waals surface area (Å²) in [6, 6.07) is 3.57. The van der Waals surface area contributed by atoms with Crippen LogP contribution in [0.4, 0.5) is 18.9 Å². The van der Waals surface area contributed by atoms with Crippen molar-refractivity contribution in [2.45, 2.75) is 71.9 Å². The number of likely N-dealkylation sites (tertiary alicyclic amines) is 1. The number of halogens is 4. The summed E-state index contributed by atoms with van der Waals surface area (Å²) >= 11 is 6.12. The third kappa shape index (κ3) is 3.71. The van der Waals surface area contributed by atoms with Crippen molar-refractivity contribution in [2.24, 2.45) is 34.5 Å². The Morgan fingerprint density at radius 1 is 1.14 bits per heavy atom. The third-order valence-electron chi connectivity index (χ3n) is 10.2. The van der Waals surface area contributed by atoms with Gasteiger partial charge in [0.1, 0.15) is 0 Å². The van der Waals surface area contributed by atoms with Gasteiger partial charge in [0, 0.05) is 30.5 Å². The molecule has 0 bridgehead atoms. The van der Waals surface area contributed by atoms with Crippen molar-refractivity contribution in [3.63, 3.8) is 0 Å². The molecule has 8 heteroatoms. The van der Waals surface area contributed by atoms with Gasteiger partial charge < -0.3 is 10.2 Å². The summed E-state index contributed by atoms with van der Waals surface area (Å²) in [5.41, 5.74) is 0.843. The average Bonchev–Trinajstić information content (AvgIpc) is 3.14. The molecule has 5 rings (SSSR count). The number of nitrogens with one attached hydrogen (secondary N) is 1. The second kappa shape index (κ2) is 8.50. The first kappa shape index (κ1) is 25.6. The summed E-state index contributed by atoms with van der Waals surface area (Å²) in [6.45, 7) is 6.61. The maximum Gasteiger partial charge on any atom is 0.418 e. The first-order valence-corrected chi connectivity index (χ1v) is 13.3. The van der Waals surface area contributed by atoms with Crippen molar-refractivity contribution in [2.75, 3.05) is 12.4 Å². The van der Waals surface area contributed by atoms with Crippen LogP contribution in [0.1, 0.15) is 71.3 Å². The van der Waals surface area contributed by atoms with Crippen LogP contribution in [0.2, 0.25) is 5.02 Å². The highest BCUT2D eigenvalue weighted by molar-refractivity contribution is 6.34. The highest BCUT2D eigenvalue weighted by atomic mass is 35.5. The number of rotatable bonds is 2. The molecular formula is C28H34ClF3N2O2. The molecule has 3 aliphatic carbocycles. The van der Waals surface area contributed by atoms with Gasteiger partial charge >= 0.3 is 6.18 Å². The van der Waals surface area contributed by atoms with E-state index in [2.05, 4.69) is 26.1 Å². The Kier molecular flexibility index (Phi) is 6.05. The van der Waals surface area contributed by atoms with Crippen LogP contribution in [0.15, 0.2) is 29.5 Å². The molecule has 0 spiro atoms. The van der Waals surface area contributed by atoms with E-state index in [9.17, 15) is 22.8 Å². The normalized spacial score (nSPS) is 36.3. The zero-order chi connectivity index (χ0) is 26.2. The van der Waals surface area contributed by atoms with Crippen LogP contribution in [0.25, 0.3) is 0 Å². The maximum atomic E-state index is 13.6. The average molecular weight is 523 g/mol. The van der Waals surface area contributed by atoms with Gasteiger partial charge in [-0.15, -0.1) is 0 Å². The minimum atomic E-state index is -4.61. The SMILES string of the molecule is CC1=C2N(C)C(=O)CC[C@]2(C)[C@@H]2CC[C@]3(C)C(C(=O)Nc4c(Cl)cccc4C(F)(F)F)CC[C@H]3[C@@H]2C1. The van der Waals surface area contributed by atoms with E-state index >= 15 is 0 Å². The zero-order valence-corrected chi connectivity index (χ0v) is 22.0. The van der Waals surface area contributed by atoms with E-state index in [0.29, 0.717) is 30.6 Å². The monoisotopic (exact) mass is 522 g/mol. The van der Waals surface area contributed by atoms with E-state index in [1.165, 1.54) is 23.4 Å². The molecule has 3 fully saturated rings. The molecule has 1 N–H and O–H groups in total. The Hall–Kier alpha value is -2.02. The highest BCUT2D eigenvalue weighted by Crippen LogP contribution is 2.67. The number of carbonyl (C=O) groups is 2. The largest absolute Gasteiger partial charge is 0.418 e. The summed E-state index contributed by atoms with van der Waals surface area (Å²) < 4.78 is 40.8. The van der Waals surface area contributed by atoms with E-state index in [1.54, 1.807) is 0 Å². The van der Waals surface area contributed by atoms with Gasteiger partial charge in [-0.05, 0) is 80.8 Å². The van der Waals surface area contributed by atoms with Crippen LogP contribution < -0.4 is 5.32 Å². The minimum absolute atomic E-state index is 0.0590. The van der Waals surface area contributed by atoms with Crippen LogP contribution in [-0.4, -0.2) is 23.8 Å². The van der Waals surface area contributed by atoms with Crippen LogP contribution in [0, 0.1) is 34.5 Å². The molecule has 1 aromatic rings. The van der Waals surface area contributed by atoms with Gasteiger partial charge in [0.05, 0.1) is 16.3 Å². The van der Waals surface area contributed by atoms with E-state index in [0.717, 1.165) is 38.2 Å². The lowest BCUT2D eigenvalue weighted by atomic mass is 9.48. The number of alkyl halides is 3. The van der Waals surface area contributed by atoms with Crippen molar-refractivity contribution < 1.29 is 22.8 Å². The summed E-state index contributed by atoms with van der Waals surface area (Å²) in [5, 5.41) is 2.48. The van der Waals surface area contributed by atoms with Crippen molar-refractivity contribution in [1.82, 2.24) is 4.90 Å². The molecule has 1 aliphatic heterocycles. The molecule has 2 saturated carbocycles. The van der Waals surface area contributed by atoms with Crippen LogP contribution >= 0.6 is 11.6 Å². The van der Waals surface area contributed by atoms with Gasteiger partial charge in [0.15, 0.2) is 0 Å². The second-order valence-electron chi connectivity index (χ2n) is 11.9. The molecular weight excluding hydrogens is 489 g/mol. The number of hydrogen-bond donors (Lipinski definition) is 1. The summed E-state index contributed by atoms with van der Waals surface area (Å²) in [5.74, 6) is 0.604. The molecule has 0 aromatic heterocycles. The fourth-order valence-corrected chi connectivity index (χ4v) is 8.86.